The van der Waals surface area contributed by atoms with E-state index in [9.17, 15) is 13.2 Å². The van der Waals surface area contributed by atoms with Gasteiger partial charge in [-0.05, 0) is 51.0 Å². The summed E-state index contributed by atoms with van der Waals surface area (Å²) in [6.45, 7) is 0. The van der Waals surface area contributed by atoms with Crippen LogP contribution in [-0.2, 0) is 6.18 Å². The molecule has 2 aromatic heterocycles. The molecule has 8 heteroatoms. The molecule has 21 heavy (non-hydrogen) atoms. The minimum atomic E-state index is -4.45. The number of hydrogen-bond donors (Lipinski definition) is 1. The van der Waals surface area contributed by atoms with Crippen molar-refractivity contribution in [2.24, 2.45) is 0 Å². The van der Waals surface area contributed by atoms with E-state index in [1.807, 2.05) is 0 Å². The number of pyridine rings is 2. The molecule has 112 valence electrons. The van der Waals surface area contributed by atoms with Gasteiger partial charge in [0, 0.05) is 33.1 Å². The molecule has 2 rings (SSSR count). The van der Waals surface area contributed by atoms with E-state index in [0.29, 0.717) is 10.2 Å². The van der Waals surface area contributed by atoms with E-state index in [1.54, 1.807) is 13.1 Å². The second-order valence-corrected chi connectivity index (χ2v) is 5.97. The Kier molecular flexibility index (Phi) is 5.00. The molecule has 1 N–H and O–H groups in total. The average Bonchev–Trinajstić information content (AvgIpc) is 2.41. The summed E-state index contributed by atoms with van der Waals surface area (Å²) in [5, 5.41) is 2.86. The lowest BCUT2D eigenvalue weighted by atomic mass is 9.99. The van der Waals surface area contributed by atoms with Gasteiger partial charge >= 0.3 is 6.18 Å². The van der Waals surface area contributed by atoms with Crippen LogP contribution >= 0.6 is 31.9 Å². The van der Waals surface area contributed by atoms with Crippen molar-refractivity contribution in [3.63, 3.8) is 0 Å². The number of nitrogens with one attached hydrogen (secondary N) is 1. The Morgan fingerprint density at radius 3 is 2.52 bits per heavy atom. The summed E-state index contributed by atoms with van der Waals surface area (Å²) in [6.07, 6.45) is -0.577. The monoisotopic (exact) mass is 423 g/mol. The van der Waals surface area contributed by atoms with Gasteiger partial charge < -0.3 is 5.32 Å². The Balaban J connectivity index is 2.57. The van der Waals surface area contributed by atoms with E-state index in [2.05, 4.69) is 47.1 Å². The van der Waals surface area contributed by atoms with Crippen molar-refractivity contribution in [3.05, 3.63) is 56.5 Å². The highest BCUT2D eigenvalue weighted by atomic mass is 79.9. The molecule has 0 aliphatic heterocycles. The molecular formula is C13H10Br2F3N3. The summed E-state index contributed by atoms with van der Waals surface area (Å²) in [5.41, 5.74) is -0.240. The van der Waals surface area contributed by atoms with Crippen molar-refractivity contribution >= 4 is 31.9 Å². The highest BCUT2D eigenvalue weighted by Crippen LogP contribution is 2.37. The Morgan fingerprint density at radius 2 is 1.95 bits per heavy atom. The lowest BCUT2D eigenvalue weighted by Gasteiger charge is -2.21. The summed E-state index contributed by atoms with van der Waals surface area (Å²) in [7, 11) is 1.58. The number of hydrogen-bond acceptors (Lipinski definition) is 3. The van der Waals surface area contributed by atoms with Gasteiger partial charge in [-0.25, -0.2) is 0 Å². The molecule has 0 aliphatic carbocycles. The zero-order chi connectivity index (χ0) is 15.6. The summed E-state index contributed by atoms with van der Waals surface area (Å²) in [4.78, 5) is 8.01. The Bertz CT molecular complexity index is 647. The fourth-order valence-corrected chi connectivity index (χ4v) is 3.19. The van der Waals surface area contributed by atoms with E-state index in [4.69, 9.17) is 0 Å². The van der Waals surface area contributed by atoms with Crippen molar-refractivity contribution in [3.8, 4) is 0 Å². The molecule has 0 amide bonds. The first-order valence-electron chi connectivity index (χ1n) is 5.84. The second kappa shape index (κ2) is 6.41. The molecule has 2 aromatic rings. The van der Waals surface area contributed by atoms with Crippen LogP contribution in [0.2, 0.25) is 0 Å². The van der Waals surface area contributed by atoms with Gasteiger partial charge in [0.2, 0.25) is 0 Å². The fourth-order valence-electron chi connectivity index (χ4n) is 1.97. The maximum absolute atomic E-state index is 13.1. The number of rotatable bonds is 3. The van der Waals surface area contributed by atoms with E-state index >= 15 is 0 Å². The largest absolute Gasteiger partial charge is 0.416 e. The van der Waals surface area contributed by atoms with Crippen molar-refractivity contribution < 1.29 is 13.2 Å². The SMILES string of the molecule is CNC(c1cnccc1C(F)(F)F)c1ncc(Br)cc1Br. The number of halogens is 5. The third-order valence-electron chi connectivity index (χ3n) is 2.87. The molecule has 1 atom stereocenters. The Labute approximate surface area is 136 Å². The molecule has 2 heterocycles. The standard InChI is InChI=1S/C13H10Br2F3N3/c1-19-11(12-10(15)4-7(14)5-21-12)8-6-20-3-2-9(8)13(16,17)18/h2-6,11,19H,1H3. The minimum Gasteiger partial charge on any atom is -0.308 e. The number of aromatic nitrogens is 2. The molecule has 0 aliphatic rings. The lowest BCUT2D eigenvalue weighted by molar-refractivity contribution is -0.138. The topological polar surface area (TPSA) is 37.8 Å². The van der Waals surface area contributed by atoms with Crippen LogP contribution in [-0.4, -0.2) is 17.0 Å². The van der Waals surface area contributed by atoms with E-state index < -0.39 is 17.8 Å². The second-order valence-electron chi connectivity index (χ2n) is 4.20. The van der Waals surface area contributed by atoms with Gasteiger partial charge in [-0.15, -0.1) is 0 Å². The molecule has 0 saturated heterocycles. The normalized spacial score (nSPS) is 13.2. The average molecular weight is 425 g/mol. The van der Waals surface area contributed by atoms with E-state index in [-0.39, 0.29) is 5.56 Å². The van der Waals surface area contributed by atoms with Crippen molar-refractivity contribution in [1.29, 1.82) is 0 Å². The highest BCUT2D eigenvalue weighted by Gasteiger charge is 2.36. The summed E-state index contributed by atoms with van der Waals surface area (Å²) >= 11 is 6.59. The predicted molar refractivity (Wildman–Crippen MR) is 79.8 cm³/mol. The minimum absolute atomic E-state index is 0.0306. The van der Waals surface area contributed by atoms with Crippen molar-refractivity contribution in [2.45, 2.75) is 12.2 Å². The fraction of sp³-hybridized carbons (Fsp3) is 0.231. The molecule has 3 nitrogen and oxygen atoms in total. The Morgan fingerprint density at radius 1 is 1.24 bits per heavy atom. The van der Waals surface area contributed by atoms with Crippen LogP contribution in [0.25, 0.3) is 0 Å². The van der Waals surface area contributed by atoms with Gasteiger partial charge in [-0.1, -0.05) is 0 Å². The molecule has 0 spiro atoms. The summed E-state index contributed by atoms with van der Waals surface area (Å²) in [6, 6.07) is 1.97. The van der Waals surface area contributed by atoms with E-state index in [1.165, 1.54) is 12.4 Å². The molecule has 0 aromatic carbocycles. The number of nitrogens with zero attached hydrogens (tertiary/aromatic N) is 2. The molecular weight excluding hydrogens is 415 g/mol. The zero-order valence-corrected chi connectivity index (χ0v) is 13.9. The zero-order valence-electron chi connectivity index (χ0n) is 10.7. The van der Waals surface area contributed by atoms with Crippen LogP contribution < -0.4 is 5.32 Å². The quantitative estimate of drug-likeness (QED) is 0.796. The van der Waals surface area contributed by atoms with Gasteiger partial charge in [-0.2, -0.15) is 13.2 Å². The molecule has 0 fully saturated rings. The lowest BCUT2D eigenvalue weighted by Crippen LogP contribution is -2.23. The maximum Gasteiger partial charge on any atom is 0.416 e. The smallest absolute Gasteiger partial charge is 0.308 e. The first-order chi connectivity index (χ1) is 9.84. The van der Waals surface area contributed by atoms with Crippen LogP contribution in [0.1, 0.15) is 22.9 Å². The van der Waals surface area contributed by atoms with E-state index in [0.717, 1.165) is 16.7 Å². The molecule has 0 radical (unpaired) electrons. The van der Waals surface area contributed by atoms with Gasteiger partial charge in [0.05, 0.1) is 17.3 Å². The highest BCUT2D eigenvalue weighted by molar-refractivity contribution is 9.11. The summed E-state index contributed by atoms with van der Waals surface area (Å²) in [5.74, 6) is 0. The van der Waals surface area contributed by atoms with Gasteiger partial charge in [0.25, 0.3) is 0 Å². The molecule has 0 bridgehead atoms. The third kappa shape index (κ3) is 3.61. The third-order valence-corrected chi connectivity index (χ3v) is 3.94. The van der Waals surface area contributed by atoms with Crippen LogP contribution in [0.5, 0.6) is 0 Å². The number of alkyl halides is 3. The van der Waals surface area contributed by atoms with Crippen LogP contribution in [0.4, 0.5) is 13.2 Å². The summed E-state index contributed by atoms with van der Waals surface area (Å²) < 4.78 is 40.7. The first-order valence-corrected chi connectivity index (χ1v) is 7.42. The van der Waals surface area contributed by atoms with Crippen molar-refractivity contribution in [2.75, 3.05) is 7.05 Å². The molecule has 1 unspecified atom stereocenters. The molecule has 0 saturated carbocycles. The van der Waals surface area contributed by atoms with Gasteiger partial charge in [0.15, 0.2) is 0 Å². The van der Waals surface area contributed by atoms with Gasteiger partial charge in [-0.3, -0.25) is 9.97 Å². The van der Waals surface area contributed by atoms with Gasteiger partial charge in [0.1, 0.15) is 0 Å². The van der Waals surface area contributed by atoms with Crippen molar-refractivity contribution in [1.82, 2.24) is 15.3 Å². The maximum atomic E-state index is 13.1. The van der Waals surface area contributed by atoms with Crippen LogP contribution in [0.15, 0.2) is 39.7 Å². The predicted octanol–water partition coefficient (Wildman–Crippen LogP) is 4.33. The van der Waals surface area contributed by atoms with Crippen LogP contribution in [0.3, 0.4) is 0 Å². The Hall–Kier alpha value is -0.990. The first kappa shape index (κ1) is 16.4. The van der Waals surface area contributed by atoms with Crippen LogP contribution in [0, 0.1) is 0 Å².